The number of benzene rings is 1. The highest BCUT2D eigenvalue weighted by Gasteiger charge is 2.48. The van der Waals surface area contributed by atoms with Gasteiger partial charge in [-0.15, -0.1) is 0 Å². The second kappa shape index (κ2) is 11.6. The van der Waals surface area contributed by atoms with Gasteiger partial charge in [-0.05, 0) is 71.4 Å². The van der Waals surface area contributed by atoms with Crippen molar-refractivity contribution in [2.45, 2.75) is 97.5 Å². The summed E-state index contributed by atoms with van der Waals surface area (Å²) < 4.78 is 5.35. The van der Waals surface area contributed by atoms with Crippen LogP contribution in [0.1, 0.15) is 78.0 Å². The molecule has 9 nitrogen and oxygen atoms in total. The van der Waals surface area contributed by atoms with Gasteiger partial charge in [-0.2, -0.15) is 0 Å². The predicted molar refractivity (Wildman–Crippen MR) is 133 cm³/mol. The van der Waals surface area contributed by atoms with Crippen molar-refractivity contribution in [3.8, 4) is 0 Å². The largest absolute Gasteiger partial charge is 0.444 e. The summed E-state index contributed by atoms with van der Waals surface area (Å²) in [6.07, 6.45) is -0.147. The molecule has 4 unspecified atom stereocenters. The van der Waals surface area contributed by atoms with E-state index in [4.69, 9.17) is 10.5 Å². The van der Waals surface area contributed by atoms with E-state index < -0.39 is 35.6 Å². The van der Waals surface area contributed by atoms with E-state index in [0.29, 0.717) is 5.56 Å². The molecule has 0 spiro atoms. The molecule has 1 aliphatic carbocycles. The first-order valence-electron chi connectivity index (χ1n) is 12.2. The summed E-state index contributed by atoms with van der Waals surface area (Å²) in [4.78, 5) is 53.2. The highest BCUT2D eigenvalue weighted by molar-refractivity contribution is 5.93. The highest BCUT2D eigenvalue weighted by atomic mass is 16.6. The summed E-state index contributed by atoms with van der Waals surface area (Å²) in [5.41, 5.74) is 6.16. The zero-order valence-electron chi connectivity index (χ0n) is 21.9. The maximum Gasteiger partial charge on any atom is 0.408 e. The molecule has 0 bridgehead atoms. The third kappa shape index (κ3) is 8.26. The van der Waals surface area contributed by atoms with Gasteiger partial charge >= 0.3 is 6.09 Å². The number of carbonyl (C=O) groups is 4. The zero-order chi connectivity index (χ0) is 26.5. The molecule has 9 heteroatoms. The number of nitrogens with one attached hydrogen (secondary N) is 2. The SMILES string of the molecule is Cc1ccccc1C(C(=O)NC(C)C)N(C(=O)C(CCC(N)=O)NC(=O)OC(C)(C)C)C1CC1C. The topological polar surface area (TPSA) is 131 Å². The van der Waals surface area contributed by atoms with Crippen LogP contribution >= 0.6 is 0 Å². The van der Waals surface area contributed by atoms with Gasteiger partial charge in [-0.25, -0.2) is 4.79 Å². The molecule has 1 aromatic rings. The second-order valence-corrected chi connectivity index (χ2v) is 10.7. The van der Waals surface area contributed by atoms with Gasteiger partial charge in [0.2, 0.25) is 17.7 Å². The third-order valence-corrected chi connectivity index (χ3v) is 5.79. The van der Waals surface area contributed by atoms with Crippen molar-refractivity contribution < 1.29 is 23.9 Å². The fourth-order valence-electron chi connectivity index (χ4n) is 4.02. The van der Waals surface area contributed by atoms with Crippen molar-refractivity contribution in [2.24, 2.45) is 11.7 Å². The molecule has 1 saturated carbocycles. The molecular weight excluding hydrogens is 448 g/mol. The van der Waals surface area contributed by atoms with Crippen LogP contribution in [0.5, 0.6) is 0 Å². The van der Waals surface area contributed by atoms with E-state index in [0.717, 1.165) is 12.0 Å². The van der Waals surface area contributed by atoms with E-state index >= 15 is 0 Å². The van der Waals surface area contributed by atoms with Gasteiger partial charge in [-0.3, -0.25) is 14.4 Å². The lowest BCUT2D eigenvalue weighted by atomic mass is 9.97. The van der Waals surface area contributed by atoms with Crippen LogP contribution in [0.2, 0.25) is 0 Å². The van der Waals surface area contributed by atoms with Gasteiger partial charge in [0.15, 0.2) is 0 Å². The highest BCUT2D eigenvalue weighted by Crippen LogP contribution is 2.41. The lowest BCUT2D eigenvalue weighted by Gasteiger charge is -2.36. The standard InChI is InChI=1S/C26H40N4O5/c1-15(2)28-23(32)22(18-11-9-8-10-16(18)3)30(20-14-17(20)4)24(33)19(12-13-21(27)31)29-25(34)35-26(5,6)7/h8-11,15,17,19-20,22H,12-14H2,1-7H3,(H2,27,31)(H,28,32)(H,29,34). The van der Waals surface area contributed by atoms with Crippen molar-refractivity contribution >= 4 is 23.8 Å². The van der Waals surface area contributed by atoms with Crippen LogP contribution in [0, 0.1) is 12.8 Å². The van der Waals surface area contributed by atoms with Crippen molar-refractivity contribution in [3.63, 3.8) is 0 Å². The first-order chi connectivity index (χ1) is 16.2. The van der Waals surface area contributed by atoms with E-state index in [1.54, 1.807) is 25.7 Å². The number of nitrogens with zero attached hydrogens (tertiary/aromatic N) is 1. The monoisotopic (exact) mass is 488 g/mol. The van der Waals surface area contributed by atoms with Crippen LogP contribution in [-0.4, -0.2) is 52.4 Å². The van der Waals surface area contributed by atoms with Gasteiger partial charge in [0, 0.05) is 18.5 Å². The Morgan fingerprint density at radius 2 is 1.74 bits per heavy atom. The quantitative estimate of drug-likeness (QED) is 0.466. The lowest BCUT2D eigenvalue weighted by molar-refractivity contribution is -0.144. The van der Waals surface area contributed by atoms with Crippen LogP contribution in [0.3, 0.4) is 0 Å². The predicted octanol–water partition coefficient (Wildman–Crippen LogP) is 2.96. The van der Waals surface area contributed by atoms with Crippen molar-refractivity contribution in [1.82, 2.24) is 15.5 Å². The Morgan fingerprint density at radius 3 is 2.23 bits per heavy atom. The number of aryl methyl sites for hydroxylation is 1. The van der Waals surface area contributed by atoms with Crippen LogP contribution in [0.25, 0.3) is 0 Å². The summed E-state index contributed by atoms with van der Waals surface area (Å²) >= 11 is 0. The van der Waals surface area contributed by atoms with E-state index in [2.05, 4.69) is 10.6 Å². The molecule has 4 N–H and O–H groups in total. The number of hydrogen-bond acceptors (Lipinski definition) is 5. The van der Waals surface area contributed by atoms with Gasteiger partial charge in [0.1, 0.15) is 17.7 Å². The molecule has 1 aliphatic rings. The number of hydrogen-bond donors (Lipinski definition) is 3. The minimum Gasteiger partial charge on any atom is -0.444 e. The van der Waals surface area contributed by atoms with Gasteiger partial charge < -0.3 is 26.0 Å². The smallest absolute Gasteiger partial charge is 0.408 e. The molecule has 4 amide bonds. The number of ether oxygens (including phenoxy) is 1. The minimum absolute atomic E-state index is 0.00268. The summed E-state index contributed by atoms with van der Waals surface area (Å²) in [6.45, 7) is 12.8. The van der Waals surface area contributed by atoms with Crippen LogP contribution in [-0.2, 0) is 19.1 Å². The van der Waals surface area contributed by atoms with Gasteiger partial charge in [0.05, 0.1) is 0 Å². The molecule has 194 valence electrons. The fourth-order valence-corrected chi connectivity index (χ4v) is 4.02. The molecule has 35 heavy (non-hydrogen) atoms. The number of carbonyl (C=O) groups excluding carboxylic acids is 4. The molecule has 4 atom stereocenters. The molecule has 0 aromatic heterocycles. The molecule has 0 heterocycles. The summed E-state index contributed by atoms with van der Waals surface area (Å²) in [5, 5.41) is 5.56. The van der Waals surface area contributed by atoms with E-state index in [-0.39, 0.29) is 36.8 Å². The average molecular weight is 489 g/mol. The number of amides is 4. The average Bonchev–Trinajstić information content (AvgIpc) is 3.43. The molecular formula is C26H40N4O5. The number of alkyl carbamates (subject to hydrolysis) is 1. The van der Waals surface area contributed by atoms with Crippen molar-refractivity contribution in [1.29, 1.82) is 0 Å². The summed E-state index contributed by atoms with van der Waals surface area (Å²) in [7, 11) is 0. The maximum absolute atomic E-state index is 14.0. The Kier molecular flexibility index (Phi) is 9.29. The third-order valence-electron chi connectivity index (χ3n) is 5.79. The second-order valence-electron chi connectivity index (χ2n) is 10.7. The lowest BCUT2D eigenvalue weighted by Crippen LogP contribution is -2.54. The number of nitrogens with two attached hydrogens (primary N) is 1. The number of primary amides is 1. The Hall–Kier alpha value is -3.10. The molecule has 0 saturated heterocycles. The fraction of sp³-hybridized carbons (Fsp3) is 0.615. The molecule has 1 fully saturated rings. The van der Waals surface area contributed by atoms with Gasteiger partial charge in [-0.1, -0.05) is 31.2 Å². The molecule has 1 aromatic carbocycles. The molecule has 2 rings (SSSR count). The normalized spacial score (nSPS) is 18.9. The number of rotatable bonds is 10. The molecule has 0 radical (unpaired) electrons. The van der Waals surface area contributed by atoms with E-state index in [9.17, 15) is 19.2 Å². The van der Waals surface area contributed by atoms with Crippen molar-refractivity contribution in [2.75, 3.05) is 0 Å². The Morgan fingerprint density at radius 1 is 1.14 bits per heavy atom. The summed E-state index contributed by atoms with van der Waals surface area (Å²) in [5.74, 6) is -1.14. The maximum atomic E-state index is 14.0. The minimum atomic E-state index is -1.08. The van der Waals surface area contributed by atoms with Crippen molar-refractivity contribution in [3.05, 3.63) is 35.4 Å². The van der Waals surface area contributed by atoms with Crippen LogP contribution in [0.15, 0.2) is 24.3 Å². The van der Waals surface area contributed by atoms with E-state index in [1.807, 2.05) is 52.0 Å². The van der Waals surface area contributed by atoms with E-state index in [1.165, 1.54) is 0 Å². The Bertz CT molecular complexity index is 940. The summed E-state index contributed by atoms with van der Waals surface area (Å²) in [6, 6.07) is 5.17. The first kappa shape index (κ1) is 28.1. The van der Waals surface area contributed by atoms with Crippen LogP contribution < -0.4 is 16.4 Å². The van der Waals surface area contributed by atoms with Gasteiger partial charge in [0.25, 0.3) is 0 Å². The molecule has 0 aliphatic heterocycles. The zero-order valence-corrected chi connectivity index (χ0v) is 21.9. The first-order valence-corrected chi connectivity index (χ1v) is 12.2. The Balaban J connectivity index is 2.50. The van der Waals surface area contributed by atoms with Crippen LogP contribution in [0.4, 0.5) is 4.79 Å². The Labute approximate surface area is 208 Å².